The van der Waals surface area contributed by atoms with Crippen LogP contribution in [0.15, 0.2) is 18.2 Å². The number of nitrogens with zero attached hydrogens (tertiary/aromatic N) is 2. The molecule has 2 rings (SSSR count). The van der Waals surface area contributed by atoms with Crippen molar-refractivity contribution in [3.05, 3.63) is 39.7 Å². The van der Waals surface area contributed by atoms with Crippen LogP contribution in [0.1, 0.15) is 36.5 Å². The number of nitro benzene ring substituents is 1. The minimum Gasteiger partial charge on any atom is -0.349 e. The molecular weight excluding hydrogens is 289 g/mol. The number of rotatable bonds is 5. The van der Waals surface area contributed by atoms with Crippen molar-refractivity contribution in [3.8, 4) is 0 Å². The fourth-order valence-electron chi connectivity index (χ4n) is 2.68. The van der Waals surface area contributed by atoms with Crippen LogP contribution in [-0.4, -0.2) is 41.4 Å². The minimum absolute atomic E-state index is 0.0233. The van der Waals surface area contributed by atoms with Gasteiger partial charge in [-0.05, 0) is 31.9 Å². The topological polar surface area (TPSA) is 75.5 Å². The molecule has 0 spiro atoms. The number of carbonyl (C=O) groups is 1. The molecule has 0 saturated carbocycles. The van der Waals surface area contributed by atoms with Gasteiger partial charge in [-0.2, -0.15) is 0 Å². The number of halogens is 1. The highest BCUT2D eigenvalue weighted by Gasteiger charge is 2.22. The first-order chi connectivity index (χ1) is 10.5. The molecule has 1 fully saturated rings. The monoisotopic (exact) mass is 309 g/mol. The van der Waals surface area contributed by atoms with Gasteiger partial charge >= 0.3 is 0 Å². The standard InChI is InChI=1S/C15H20FN3O3/c1-2-7-18-8-5-11(6-9-18)17-15(20)13-4-3-12(19(21)22)10-14(13)16/h3-4,10-11H,2,5-9H2,1H3,(H,17,20). The molecule has 1 amide bonds. The van der Waals surface area contributed by atoms with Gasteiger partial charge in [0.05, 0.1) is 16.6 Å². The number of carbonyl (C=O) groups excluding carboxylic acids is 1. The number of nitrogens with one attached hydrogen (secondary N) is 1. The van der Waals surface area contributed by atoms with Gasteiger partial charge in [0.1, 0.15) is 5.82 Å². The van der Waals surface area contributed by atoms with Gasteiger partial charge in [-0.25, -0.2) is 4.39 Å². The van der Waals surface area contributed by atoms with Gasteiger partial charge < -0.3 is 10.2 Å². The molecule has 0 radical (unpaired) electrons. The Morgan fingerprint density at radius 1 is 1.45 bits per heavy atom. The third-order valence-corrected chi connectivity index (χ3v) is 3.87. The molecule has 1 saturated heterocycles. The van der Waals surface area contributed by atoms with Gasteiger partial charge in [-0.1, -0.05) is 6.92 Å². The fourth-order valence-corrected chi connectivity index (χ4v) is 2.68. The van der Waals surface area contributed by atoms with Crippen LogP contribution >= 0.6 is 0 Å². The molecule has 6 nitrogen and oxygen atoms in total. The summed E-state index contributed by atoms with van der Waals surface area (Å²) in [5.41, 5.74) is -0.511. The molecule has 0 bridgehead atoms. The lowest BCUT2D eigenvalue weighted by Crippen LogP contribution is -2.44. The van der Waals surface area contributed by atoms with Crippen molar-refractivity contribution in [1.82, 2.24) is 10.2 Å². The van der Waals surface area contributed by atoms with E-state index >= 15 is 0 Å². The van der Waals surface area contributed by atoms with Crippen molar-refractivity contribution in [3.63, 3.8) is 0 Å². The maximum Gasteiger partial charge on any atom is 0.272 e. The first kappa shape index (κ1) is 16.4. The highest BCUT2D eigenvalue weighted by Crippen LogP contribution is 2.17. The zero-order valence-corrected chi connectivity index (χ0v) is 12.5. The van der Waals surface area contributed by atoms with E-state index in [1.165, 1.54) is 0 Å². The van der Waals surface area contributed by atoms with Gasteiger partial charge in [0.2, 0.25) is 0 Å². The molecule has 0 aliphatic carbocycles. The molecule has 1 aromatic rings. The Hall–Kier alpha value is -2.02. The van der Waals surface area contributed by atoms with Crippen molar-refractivity contribution < 1.29 is 14.1 Å². The van der Waals surface area contributed by atoms with Crippen LogP contribution in [0.2, 0.25) is 0 Å². The summed E-state index contributed by atoms with van der Waals surface area (Å²) in [5, 5.41) is 13.4. The van der Waals surface area contributed by atoms with Crippen LogP contribution in [0.3, 0.4) is 0 Å². The summed E-state index contributed by atoms with van der Waals surface area (Å²) in [6, 6.07) is 3.10. The number of amides is 1. The Labute approximate surface area is 128 Å². The highest BCUT2D eigenvalue weighted by atomic mass is 19.1. The van der Waals surface area contributed by atoms with Gasteiger partial charge in [0, 0.05) is 25.2 Å². The van der Waals surface area contributed by atoms with Crippen molar-refractivity contribution in [1.29, 1.82) is 0 Å². The van der Waals surface area contributed by atoms with E-state index in [1.54, 1.807) is 0 Å². The van der Waals surface area contributed by atoms with Crippen LogP contribution in [0.25, 0.3) is 0 Å². The quantitative estimate of drug-likeness (QED) is 0.669. The number of hydrogen-bond acceptors (Lipinski definition) is 4. The molecule has 0 atom stereocenters. The van der Waals surface area contributed by atoms with Crippen LogP contribution in [0, 0.1) is 15.9 Å². The largest absolute Gasteiger partial charge is 0.349 e. The van der Waals surface area contributed by atoms with Crippen LogP contribution < -0.4 is 5.32 Å². The van der Waals surface area contributed by atoms with E-state index < -0.39 is 16.6 Å². The molecular formula is C15H20FN3O3. The Morgan fingerprint density at radius 3 is 2.68 bits per heavy atom. The van der Waals surface area contributed by atoms with E-state index in [4.69, 9.17) is 0 Å². The Morgan fingerprint density at radius 2 is 2.14 bits per heavy atom. The molecule has 120 valence electrons. The first-order valence-corrected chi connectivity index (χ1v) is 7.48. The minimum atomic E-state index is -0.866. The lowest BCUT2D eigenvalue weighted by molar-refractivity contribution is -0.385. The van der Waals surface area contributed by atoms with E-state index in [2.05, 4.69) is 17.1 Å². The number of likely N-dealkylation sites (tertiary alicyclic amines) is 1. The molecule has 7 heteroatoms. The van der Waals surface area contributed by atoms with Crippen LogP contribution in [0.5, 0.6) is 0 Å². The third-order valence-electron chi connectivity index (χ3n) is 3.87. The average molecular weight is 309 g/mol. The smallest absolute Gasteiger partial charge is 0.272 e. The van der Waals surface area contributed by atoms with Crippen molar-refractivity contribution in [2.45, 2.75) is 32.2 Å². The predicted molar refractivity (Wildman–Crippen MR) is 80.3 cm³/mol. The average Bonchev–Trinajstić information content (AvgIpc) is 2.49. The van der Waals surface area contributed by atoms with Gasteiger partial charge in [0.15, 0.2) is 0 Å². The number of nitro groups is 1. The molecule has 0 unspecified atom stereocenters. The highest BCUT2D eigenvalue weighted by molar-refractivity contribution is 5.94. The van der Waals surface area contributed by atoms with Gasteiger partial charge in [-0.15, -0.1) is 0 Å². The molecule has 1 aliphatic heterocycles. The summed E-state index contributed by atoms with van der Waals surface area (Å²) < 4.78 is 13.8. The van der Waals surface area contributed by atoms with Crippen molar-refractivity contribution in [2.75, 3.05) is 19.6 Å². The maximum atomic E-state index is 13.8. The Kier molecular flexibility index (Phi) is 5.43. The summed E-state index contributed by atoms with van der Waals surface area (Å²) in [6.07, 6.45) is 2.77. The fraction of sp³-hybridized carbons (Fsp3) is 0.533. The van der Waals surface area contributed by atoms with Crippen molar-refractivity contribution >= 4 is 11.6 Å². The maximum absolute atomic E-state index is 13.8. The second-order valence-corrected chi connectivity index (χ2v) is 5.51. The van der Waals surface area contributed by atoms with Crippen molar-refractivity contribution in [2.24, 2.45) is 0 Å². The van der Waals surface area contributed by atoms with E-state index in [-0.39, 0.29) is 17.3 Å². The molecule has 0 aromatic heterocycles. The molecule has 1 heterocycles. The van der Waals surface area contributed by atoms with E-state index in [9.17, 15) is 19.3 Å². The Balaban J connectivity index is 1.94. The summed E-state index contributed by atoms with van der Waals surface area (Å²) in [6.45, 7) is 5.02. The predicted octanol–water partition coefficient (Wildman–Crippen LogP) is 2.34. The number of hydrogen-bond donors (Lipinski definition) is 1. The normalized spacial score (nSPS) is 16.5. The van der Waals surface area contributed by atoms with Crippen LogP contribution in [0.4, 0.5) is 10.1 Å². The Bertz CT molecular complexity index is 557. The van der Waals surface area contributed by atoms with Crippen LogP contribution in [-0.2, 0) is 0 Å². The third kappa shape index (κ3) is 4.00. The summed E-state index contributed by atoms with van der Waals surface area (Å²) >= 11 is 0. The summed E-state index contributed by atoms with van der Waals surface area (Å²) in [5.74, 6) is -1.38. The number of non-ortho nitro benzene ring substituents is 1. The SMILES string of the molecule is CCCN1CCC(NC(=O)c2ccc([N+](=O)[O-])cc2F)CC1. The van der Waals surface area contributed by atoms with E-state index in [1.807, 2.05) is 0 Å². The molecule has 1 aliphatic rings. The lowest BCUT2D eigenvalue weighted by Gasteiger charge is -2.32. The van der Waals surface area contributed by atoms with Gasteiger partial charge in [-0.3, -0.25) is 14.9 Å². The summed E-state index contributed by atoms with van der Waals surface area (Å²) in [4.78, 5) is 24.3. The lowest BCUT2D eigenvalue weighted by atomic mass is 10.0. The van der Waals surface area contributed by atoms with Gasteiger partial charge in [0.25, 0.3) is 11.6 Å². The second-order valence-electron chi connectivity index (χ2n) is 5.51. The number of benzene rings is 1. The second kappa shape index (κ2) is 7.31. The molecule has 1 aromatic carbocycles. The molecule has 1 N–H and O–H groups in total. The first-order valence-electron chi connectivity index (χ1n) is 7.48. The zero-order valence-electron chi connectivity index (χ0n) is 12.5. The summed E-state index contributed by atoms with van der Waals surface area (Å²) in [7, 11) is 0. The van der Waals surface area contributed by atoms with E-state index in [0.717, 1.165) is 57.1 Å². The zero-order chi connectivity index (χ0) is 16.1. The molecule has 22 heavy (non-hydrogen) atoms. The number of piperidine rings is 1. The van der Waals surface area contributed by atoms with E-state index in [0.29, 0.717) is 0 Å².